The van der Waals surface area contributed by atoms with Crippen LogP contribution in [0.15, 0.2) is 122 Å². The Morgan fingerprint density at radius 1 is 0.318 bits per heavy atom. The van der Waals surface area contributed by atoms with Crippen molar-refractivity contribution in [1.29, 1.82) is 0 Å². The molecule has 66 heavy (non-hydrogen) atoms. The van der Waals surface area contributed by atoms with Gasteiger partial charge in [-0.2, -0.15) is 0 Å². The van der Waals surface area contributed by atoms with Crippen LogP contribution in [0.2, 0.25) is 0 Å². The Morgan fingerprint density at radius 3 is 0.985 bits per heavy atom. The maximum absolute atomic E-state index is 12.8. The fourth-order valence-corrected chi connectivity index (χ4v) is 6.76. The second-order valence-electron chi connectivity index (χ2n) is 17.0. The number of esters is 3. The topological polar surface area (TPSA) is 78.9 Å². The van der Waals surface area contributed by atoms with Crippen LogP contribution in [-0.4, -0.2) is 37.2 Å². The summed E-state index contributed by atoms with van der Waals surface area (Å²) in [5.41, 5.74) is 0. The van der Waals surface area contributed by atoms with Crippen LogP contribution in [0.25, 0.3) is 0 Å². The third-order valence-electron chi connectivity index (χ3n) is 10.7. The number of carbonyl (C=O) groups is 3. The molecule has 0 aliphatic rings. The largest absolute Gasteiger partial charge is 0.462 e. The van der Waals surface area contributed by atoms with E-state index in [0.29, 0.717) is 19.3 Å². The van der Waals surface area contributed by atoms with Crippen LogP contribution >= 0.6 is 0 Å². The van der Waals surface area contributed by atoms with E-state index in [1.807, 2.05) is 0 Å². The number of ether oxygens (including phenoxy) is 3. The molecule has 6 heteroatoms. The first kappa shape index (κ1) is 61.8. The van der Waals surface area contributed by atoms with Gasteiger partial charge in [0.05, 0.1) is 0 Å². The molecule has 0 aliphatic carbocycles. The maximum Gasteiger partial charge on any atom is 0.306 e. The van der Waals surface area contributed by atoms with Crippen molar-refractivity contribution in [2.24, 2.45) is 0 Å². The zero-order valence-corrected chi connectivity index (χ0v) is 42.4. The molecular formula is C60H96O6. The molecule has 0 spiro atoms. The molecule has 372 valence electrons. The molecule has 0 bridgehead atoms. The highest BCUT2D eigenvalue weighted by molar-refractivity contribution is 5.71. The minimum absolute atomic E-state index is 0.111. The standard InChI is InChI=1S/C60H96O6/c1-4-7-10-13-16-19-22-24-26-28-29-30-31-33-34-36-38-41-44-47-50-53-59(62)65-56-57(55-64-58(61)52-49-46-43-40-21-18-15-12-9-6-3)66-60(63)54-51-48-45-42-39-37-35-32-27-25-23-20-17-14-11-8-5-2/h7-8,10-12,15-17,19-20,24-27,29-30,35,37,42,45,57H,4-6,9,13-14,18,21-23,28,31-34,36,38-41,43-44,46-56H2,1-3H3/b10-7-,11-8-,15-12-,19-16-,20-17-,26-24-,27-25-,30-29-,37-35-,45-42-. The molecule has 0 aliphatic heterocycles. The normalized spacial score (nSPS) is 13.1. The van der Waals surface area contributed by atoms with Gasteiger partial charge in [0, 0.05) is 19.3 Å². The zero-order valence-electron chi connectivity index (χ0n) is 42.4. The summed E-state index contributed by atoms with van der Waals surface area (Å²) < 4.78 is 16.7. The first-order valence-corrected chi connectivity index (χ1v) is 26.5. The molecule has 0 amide bonds. The predicted molar refractivity (Wildman–Crippen MR) is 283 cm³/mol. The van der Waals surface area contributed by atoms with Gasteiger partial charge in [-0.25, -0.2) is 0 Å². The third-order valence-corrected chi connectivity index (χ3v) is 10.7. The summed E-state index contributed by atoms with van der Waals surface area (Å²) in [5, 5.41) is 0. The third kappa shape index (κ3) is 50.8. The SMILES string of the molecule is CC/C=C\C/C=C\C/C=C\C/C=C\C/C=C\CCCC(=O)OC(COC(=O)CCCCCCC/C=C\CCC)COC(=O)CCCCCCCCCC/C=C\C/C=C\C/C=C\C/C=C\CC. The van der Waals surface area contributed by atoms with E-state index in [2.05, 4.69) is 142 Å². The first-order valence-electron chi connectivity index (χ1n) is 26.5. The molecule has 0 saturated carbocycles. The molecular weight excluding hydrogens is 817 g/mol. The Kier molecular flexibility index (Phi) is 50.0. The zero-order chi connectivity index (χ0) is 47.9. The second kappa shape index (κ2) is 53.4. The van der Waals surface area contributed by atoms with Gasteiger partial charge in [0.1, 0.15) is 13.2 Å². The molecule has 1 unspecified atom stereocenters. The monoisotopic (exact) mass is 913 g/mol. The van der Waals surface area contributed by atoms with Gasteiger partial charge >= 0.3 is 17.9 Å². The Morgan fingerprint density at radius 2 is 0.606 bits per heavy atom. The first-order chi connectivity index (χ1) is 32.5. The molecule has 0 aromatic heterocycles. The molecule has 0 N–H and O–H groups in total. The summed E-state index contributed by atoms with van der Waals surface area (Å²) in [6.45, 7) is 6.27. The summed E-state index contributed by atoms with van der Waals surface area (Å²) >= 11 is 0. The molecule has 6 nitrogen and oxygen atoms in total. The number of hydrogen-bond acceptors (Lipinski definition) is 6. The summed E-state index contributed by atoms with van der Waals surface area (Å²) in [6.07, 6.45) is 73.4. The fraction of sp³-hybridized carbons (Fsp3) is 0.617. The van der Waals surface area contributed by atoms with Crippen LogP contribution in [-0.2, 0) is 28.6 Å². The van der Waals surface area contributed by atoms with Crippen molar-refractivity contribution in [3.63, 3.8) is 0 Å². The lowest BCUT2D eigenvalue weighted by Gasteiger charge is -2.18. The highest BCUT2D eigenvalue weighted by Crippen LogP contribution is 2.13. The average Bonchev–Trinajstić information content (AvgIpc) is 3.31. The Hall–Kier alpha value is -4.19. The molecule has 0 rings (SSSR count). The van der Waals surface area contributed by atoms with Crippen molar-refractivity contribution in [2.45, 2.75) is 226 Å². The molecule has 0 radical (unpaired) electrons. The molecule has 1 atom stereocenters. The Bertz CT molecular complexity index is 1420. The molecule has 0 aromatic rings. The van der Waals surface area contributed by atoms with Crippen molar-refractivity contribution < 1.29 is 28.6 Å². The highest BCUT2D eigenvalue weighted by atomic mass is 16.6. The van der Waals surface area contributed by atoms with Gasteiger partial charge in [-0.15, -0.1) is 0 Å². The summed E-state index contributed by atoms with van der Waals surface area (Å²) in [7, 11) is 0. The van der Waals surface area contributed by atoms with Crippen molar-refractivity contribution in [3.8, 4) is 0 Å². The van der Waals surface area contributed by atoms with E-state index < -0.39 is 6.10 Å². The Balaban J connectivity index is 4.44. The molecule has 0 fully saturated rings. The summed E-state index contributed by atoms with van der Waals surface area (Å²) in [5.74, 6) is -0.995. The Labute approximate surface area is 405 Å². The predicted octanol–water partition coefficient (Wildman–Crippen LogP) is 17.7. The number of rotatable bonds is 46. The maximum atomic E-state index is 12.8. The van der Waals surface area contributed by atoms with Crippen molar-refractivity contribution in [1.82, 2.24) is 0 Å². The van der Waals surface area contributed by atoms with Gasteiger partial charge in [0.2, 0.25) is 0 Å². The van der Waals surface area contributed by atoms with E-state index in [1.54, 1.807) is 0 Å². The van der Waals surface area contributed by atoms with E-state index in [1.165, 1.54) is 44.9 Å². The van der Waals surface area contributed by atoms with Crippen LogP contribution in [0.3, 0.4) is 0 Å². The minimum atomic E-state index is -0.817. The molecule has 0 aromatic carbocycles. The summed E-state index contributed by atoms with van der Waals surface area (Å²) in [6, 6.07) is 0. The van der Waals surface area contributed by atoms with Gasteiger partial charge in [0.15, 0.2) is 6.10 Å². The minimum Gasteiger partial charge on any atom is -0.462 e. The smallest absolute Gasteiger partial charge is 0.306 e. The van der Waals surface area contributed by atoms with E-state index in [-0.39, 0.29) is 37.5 Å². The van der Waals surface area contributed by atoms with Crippen LogP contribution in [0.4, 0.5) is 0 Å². The van der Waals surface area contributed by atoms with Crippen molar-refractivity contribution >= 4 is 17.9 Å². The molecule has 0 heterocycles. The molecule has 0 saturated heterocycles. The summed E-state index contributed by atoms with van der Waals surface area (Å²) in [4.78, 5) is 38.0. The lowest BCUT2D eigenvalue weighted by Crippen LogP contribution is -2.30. The van der Waals surface area contributed by atoms with Gasteiger partial charge < -0.3 is 14.2 Å². The fourth-order valence-electron chi connectivity index (χ4n) is 6.76. The number of hydrogen-bond donors (Lipinski definition) is 0. The highest BCUT2D eigenvalue weighted by Gasteiger charge is 2.19. The average molecular weight is 913 g/mol. The van der Waals surface area contributed by atoms with E-state index in [4.69, 9.17) is 14.2 Å². The van der Waals surface area contributed by atoms with E-state index >= 15 is 0 Å². The lowest BCUT2D eigenvalue weighted by atomic mass is 10.1. The van der Waals surface area contributed by atoms with Crippen LogP contribution in [0.5, 0.6) is 0 Å². The second-order valence-corrected chi connectivity index (χ2v) is 17.0. The van der Waals surface area contributed by atoms with Crippen LogP contribution in [0, 0.1) is 0 Å². The number of carbonyl (C=O) groups excluding carboxylic acids is 3. The number of unbranched alkanes of at least 4 members (excludes halogenated alkanes) is 15. The van der Waals surface area contributed by atoms with Crippen LogP contribution < -0.4 is 0 Å². The van der Waals surface area contributed by atoms with Gasteiger partial charge in [-0.1, -0.05) is 206 Å². The van der Waals surface area contributed by atoms with Gasteiger partial charge in [-0.05, 0) is 116 Å². The van der Waals surface area contributed by atoms with Crippen molar-refractivity contribution in [3.05, 3.63) is 122 Å². The van der Waals surface area contributed by atoms with E-state index in [9.17, 15) is 14.4 Å². The van der Waals surface area contributed by atoms with Gasteiger partial charge in [0.25, 0.3) is 0 Å². The number of allylic oxidation sites excluding steroid dienone is 20. The lowest BCUT2D eigenvalue weighted by molar-refractivity contribution is -0.167. The van der Waals surface area contributed by atoms with E-state index in [0.717, 1.165) is 128 Å². The van der Waals surface area contributed by atoms with Gasteiger partial charge in [-0.3, -0.25) is 14.4 Å². The quantitative estimate of drug-likeness (QED) is 0.0262. The van der Waals surface area contributed by atoms with Crippen LogP contribution in [0.1, 0.15) is 220 Å². The van der Waals surface area contributed by atoms with Crippen molar-refractivity contribution in [2.75, 3.05) is 13.2 Å².